The van der Waals surface area contributed by atoms with E-state index in [4.69, 9.17) is 22.1 Å². The number of amides is 1. The van der Waals surface area contributed by atoms with Crippen LogP contribution in [0.15, 0.2) is 36.7 Å². The molecule has 0 aliphatic rings. The number of carbonyl (C=O) groups is 1. The molecule has 1 aromatic carbocycles. The Morgan fingerprint density at radius 3 is 2.79 bits per heavy atom. The lowest BCUT2D eigenvalue weighted by Gasteiger charge is -2.09. The van der Waals surface area contributed by atoms with Crippen LogP contribution in [0.25, 0.3) is 0 Å². The van der Waals surface area contributed by atoms with Crippen LogP contribution in [0.5, 0.6) is 11.5 Å². The van der Waals surface area contributed by atoms with Gasteiger partial charge in [0.25, 0.3) is 5.91 Å². The fourth-order valence-corrected chi connectivity index (χ4v) is 1.67. The van der Waals surface area contributed by atoms with Gasteiger partial charge in [0, 0.05) is 24.9 Å². The van der Waals surface area contributed by atoms with Crippen LogP contribution in [0.3, 0.4) is 0 Å². The van der Waals surface area contributed by atoms with Crippen molar-refractivity contribution in [2.75, 3.05) is 12.8 Å². The Kier molecular flexibility index (Phi) is 3.87. The van der Waals surface area contributed by atoms with Crippen LogP contribution in [0.1, 0.15) is 10.4 Å². The summed E-state index contributed by atoms with van der Waals surface area (Å²) in [7, 11) is 1.56. The number of pyridine rings is 1. The number of benzene rings is 1. The molecule has 0 atom stereocenters. The molecule has 19 heavy (non-hydrogen) atoms. The molecule has 1 heterocycles. The molecule has 0 unspecified atom stereocenters. The van der Waals surface area contributed by atoms with E-state index in [-0.39, 0.29) is 5.91 Å². The van der Waals surface area contributed by atoms with Crippen molar-refractivity contribution in [1.29, 1.82) is 0 Å². The molecule has 0 spiro atoms. The first-order chi connectivity index (χ1) is 9.10. The van der Waals surface area contributed by atoms with Crippen LogP contribution in [0.4, 0.5) is 5.69 Å². The highest BCUT2D eigenvalue weighted by Crippen LogP contribution is 2.28. The molecule has 0 radical (unpaired) electrons. The summed E-state index contributed by atoms with van der Waals surface area (Å²) in [6, 6.07) is 6.43. The third kappa shape index (κ3) is 3.14. The van der Waals surface area contributed by atoms with Crippen molar-refractivity contribution in [1.82, 2.24) is 10.3 Å². The minimum absolute atomic E-state index is 0.206. The van der Waals surface area contributed by atoms with Gasteiger partial charge >= 0.3 is 0 Å². The Morgan fingerprint density at radius 1 is 1.37 bits per heavy atom. The van der Waals surface area contributed by atoms with Crippen LogP contribution < -0.4 is 15.8 Å². The van der Waals surface area contributed by atoms with Crippen LogP contribution >= 0.6 is 11.6 Å². The summed E-state index contributed by atoms with van der Waals surface area (Å²) in [6.45, 7) is 0. The maximum absolute atomic E-state index is 11.4. The smallest absolute Gasteiger partial charge is 0.251 e. The number of aromatic nitrogens is 1. The molecule has 6 heteroatoms. The molecule has 98 valence electrons. The number of halogens is 1. The zero-order valence-corrected chi connectivity index (χ0v) is 10.9. The Hall–Kier alpha value is -2.27. The Labute approximate surface area is 115 Å². The maximum atomic E-state index is 11.4. The van der Waals surface area contributed by atoms with Gasteiger partial charge in [0.05, 0.1) is 16.9 Å². The maximum Gasteiger partial charge on any atom is 0.251 e. The predicted octanol–water partition coefficient (Wildman–Crippen LogP) is 2.47. The number of rotatable bonds is 3. The van der Waals surface area contributed by atoms with Crippen LogP contribution in [-0.2, 0) is 0 Å². The molecule has 0 aliphatic carbocycles. The van der Waals surface area contributed by atoms with Gasteiger partial charge in [-0.1, -0.05) is 11.6 Å². The third-order valence-corrected chi connectivity index (χ3v) is 2.61. The zero-order valence-electron chi connectivity index (χ0n) is 10.2. The van der Waals surface area contributed by atoms with Crippen molar-refractivity contribution < 1.29 is 9.53 Å². The zero-order chi connectivity index (χ0) is 13.8. The molecule has 0 saturated heterocycles. The van der Waals surface area contributed by atoms with Gasteiger partial charge < -0.3 is 15.8 Å². The topological polar surface area (TPSA) is 77.2 Å². The third-order valence-electron chi connectivity index (χ3n) is 2.41. The number of nitrogens with two attached hydrogens (primary N) is 1. The van der Waals surface area contributed by atoms with E-state index in [0.29, 0.717) is 27.8 Å². The number of ether oxygens (including phenoxy) is 1. The number of hydrogen-bond donors (Lipinski definition) is 2. The fourth-order valence-electron chi connectivity index (χ4n) is 1.50. The van der Waals surface area contributed by atoms with E-state index in [1.807, 2.05) is 0 Å². The first-order valence-electron chi connectivity index (χ1n) is 5.50. The minimum atomic E-state index is -0.206. The molecule has 3 N–H and O–H groups in total. The predicted molar refractivity (Wildman–Crippen MR) is 73.6 cm³/mol. The van der Waals surface area contributed by atoms with E-state index in [2.05, 4.69) is 10.3 Å². The van der Waals surface area contributed by atoms with Crippen molar-refractivity contribution in [3.63, 3.8) is 0 Å². The highest BCUT2D eigenvalue weighted by molar-refractivity contribution is 6.30. The van der Waals surface area contributed by atoms with E-state index in [1.165, 1.54) is 12.4 Å². The molecule has 2 aromatic rings. The van der Waals surface area contributed by atoms with Gasteiger partial charge in [-0.3, -0.25) is 9.78 Å². The summed E-state index contributed by atoms with van der Waals surface area (Å²) >= 11 is 5.81. The SMILES string of the molecule is CNC(=O)c1ccc(Oc2cncc(Cl)c2)c(N)c1. The number of nitrogens with one attached hydrogen (secondary N) is 1. The van der Waals surface area contributed by atoms with Crippen LogP contribution in [0, 0.1) is 0 Å². The van der Waals surface area contributed by atoms with Crippen LogP contribution in [-0.4, -0.2) is 17.9 Å². The Bertz CT molecular complexity index is 617. The van der Waals surface area contributed by atoms with E-state index < -0.39 is 0 Å². The summed E-state index contributed by atoms with van der Waals surface area (Å²) in [5.41, 5.74) is 6.67. The number of hydrogen-bond acceptors (Lipinski definition) is 4. The normalized spacial score (nSPS) is 10.0. The molecule has 0 aliphatic heterocycles. The average molecular weight is 278 g/mol. The second-order valence-corrected chi connectivity index (χ2v) is 4.21. The highest BCUT2D eigenvalue weighted by atomic mass is 35.5. The van der Waals surface area contributed by atoms with Crippen LogP contribution in [0.2, 0.25) is 5.02 Å². The molecular weight excluding hydrogens is 266 g/mol. The number of carbonyl (C=O) groups excluding carboxylic acids is 1. The lowest BCUT2D eigenvalue weighted by atomic mass is 10.2. The molecule has 2 rings (SSSR count). The second-order valence-electron chi connectivity index (χ2n) is 3.77. The summed E-state index contributed by atoms with van der Waals surface area (Å²) in [4.78, 5) is 15.4. The monoisotopic (exact) mass is 277 g/mol. The van der Waals surface area contributed by atoms with Gasteiger partial charge in [0.2, 0.25) is 0 Å². The average Bonchev–Trinajstić information content (AvgIpc) is 2.40. The number of anilines is 1. The van der Waals surface area contributed by atoms with Gasteiger partial charge in [0.15, 0.2) is 0 Å². The second kappa shape index (κ2) is 5.58. The molecule has 1 aromatic heterocycles. The van der Waals surface area contributed by atoms with E-state index in [9.17, 15) is 4.79 Å². The lowest BCUT2D eigenvalue weighted by Crippen LogP contribution is -2.17. The van der Waals surface area contributed by atoms with Gasteiger partial charge in [-0.05, 0) is 18.2 Å². The van der Waals surface area contributed by atoms with E-state index in [1.54, 1.807) is 31.3 Å². The van der Waals surface area contributed by atoms with Crippen molar-refractivity contribution >= 4 is 23.2 Å². The Balaban J connectivity index is 2.24. The van der Waals surface area contributed by atoms with Crippen molar-refractivity contribution in [3.05, 3.63) is 47.2 Å². The fraction of sp³-hybridized carbons (Fsp3) is 0.0769. The summed E-state index contributed by atoms with van der Waals surface area (Å²) in [5, 5.41) is 2.99. The van der Waals surface area contributed by atoms with Gasteiger partial charge in [0.1, 0.15) is 11.5 Å². The molecule has 0 saturated carbocycles. The quantitative estimate of drug-likeness (QED) is 0.845. The Morgan fingerprint density at radius 2 is 2.16 bits per heavy atom. The first-order valence-corrected chi connectivity index (χ1v) is 5.88. The van der Waals surface area contributed by atoms with Gasteiger partial charge in [-0.25, -0.2) is 0 Å². The largest absolute Gasteiger partial charge is 0.454 e. The molecular formula is C13H12ClN3O2. The lowest BCUT2D eigenvalue weighted by molar-refractivity contribution is 0.0963. The molecule has 5 nitrogen and oxygen atoms in total. The van der Waals surface area contributed by atoms with E-state index in [0.717, 1.165) is 0 Å². The molecule has 0 bridgehead atoms. The van der Waals surface area contributed by atoms with Crippen molar-refractivity contribution in [2.45, 2.75) is 0 Å². The summed E-state index contributed by atoms with van der Waals surface area (Å²) in [6.07, 6.45) is 3.03. The van der Waals surface area contributed by atoms with Crippen molar-refractivity contribution in [2.24, 2.45) is 0 Å². The summed E-state index contributed by atoms with van der Waals surface area (Å²) < 4.78 is 5.55. The molecule has 0 fully saturated rings. The minimum Gasteiger partial charge on any atom is -0.454 e. The van der Waals surface area contributed by atoms with Gasteiger partial charge in [-0.2, -0.15) is 0 Å². The first kappa shape index (κ1) is 13.2. The number of nitrogen functional groups attached to an aromatic ring is 1. The van der Waals surface area contributed by atoms with Gasteiger partial charge in [-0.15, -0.1) is 0 Å². The van der Waals surface area contributed by atoms with E-state index >= 15 is 0 Å². The summed E-state index contributed by atoms with van der Waals surface area (Å²) in [5.74, 6) is 0.714. The molecule has 1 amide bonds. The highest BCUT2D eigenvalue weighted by Gasteiger charge is 2.08. The number of nitrogens with zero attached hydrogens (tertiary/aromatic N) is 1. The standard InChI is InChI=1S/C13H12ClN3O2/c1-16-13(18)8-2-3-12(11(15)4-8)19-10-5-9(14)6-17-7-10/h2-7H,15H2,1H3,(H,16,18). The van der Waals surface area contributed by atoms with Crippen molar-refractivity contribution in [3.8, 4) is 11.5 Å².